The molecule has 1 aromatic carbocycles. The average molecular weight is 247 g/mol. The van der Waals surface area contributed by atoms with E-state index in [2.05, 4.69) is 0 Å². The van der Waals surface area contributed by atoms with Crippen molar-refractivity contribution in [3.05, 3.63) is 47.3 Å². The molecule has 0 atom stereocenters. The maximum atomic E-state index is 12.5. The monoisotopic (exact) mass is 247 g/mol. The molecule has 1 aromatic rings. The van der Waals surface area contributed by atoms with Crippen LogP contribution in [0.2, 0.25) is 0 Å². The molecule has 0 spiro atoms. The number of amides is 2. The van der Waals surface area contributed by atoms with Crippen LogP contribution in [0.5, 0.6) is 0 Å². The Hall–Kier alpha value is -1.97. The largest absolute Gasteiger partial charge is 0.274 e. The van der Waals surface area contributed by atoms with Crippen LogP contribution in [0, 0.1) is 0 Å². The summed E-state index contributed by atoms with van der Waals surface area (Å²) in [6.45, 7) is 1.71. The molecule has 1 aliphatic rings. The number of allylic oxidation sites excluding steroid dienone is 2. The van der Waals surface area contributed by atoms with Crippen LogP contribution >= 0.6 is 0 Å². The Morgan fingerprint density at radius 2 is 1.78 bits per heavy atom. The zero-order chi connectivity index (χ0) is 13.1. The summed E-state index contributed by atoms with van der Waals surface area (Å²) in [5.74, 6) is -0.745. The quantitative estimate of drug-likeness (QED) is 0.606. The average Bonchev–Trinajstić information content (AvgIpc) is 2.59. The van der Waals surface area contributed by atoms with Gasteiger partial charge in [0.1, 0.15) is 0 Å². The lowest BCUT2D eigenvalue weighted by Gasteiger charge is -2.12. The molecule has 2 amide bonds. The number of rotatable bonds is 4. The van der Waals surface area contributed by atoms with Gasteiger partial charge in [0.15, 0.2) is 0 Å². The van der Waals surface area contributed by atoms with Crippen LogP contribution in [-0.2, 0) is 0 Å². The molecule has 4 heteroatoms. The lowest BCUT2D eigenvalue weighted by molar-refractivity contribution is 0.0653. The smallest absolute Gasteiger partial charge is 0.261 e. The number of carbonyl (C=O) groups excluding carboxylic acids is 2. The number of carbonyl (C=O) groups is 2. The molecule has 1 heterocycles. The number of benzene rings is 1. The van der Waals surface area contributed by atoms with E-state index in [1.165, 1.54) is 17.9 Å². The van der Waals surface area contributed by atoms with Crippen molar-refractivity contribution in [2.24, 2.45) is 0 Å². The van der Waals surface area contributed by atoms with Gasteiger partial charge < -0.3 is 0 Å². The van der Waals surface area contributed by atoms with E-state index in [0.29, 0.717) is 30.5 Å². The first kappa shape index (κ1) is 12.5. The second-order valence-corrected chi connectivity index (χ2v) is 4.24. The molecule has 94 valence electrons. The Bertz CT molecular complexity index is 483. The third-order valence-corrected chi connectivity index (χ3v) is 2.89. The van der Waals surface area contributed by atoms with E-state index in [-0.39, 0.29) is 17.6 Å². The van der Waals surface area contributed by atoms with E-state index in [0.717, 1.165) is 0 Å². The fraction of sp³-hybridized carbons (Fsp3) is 0.286. The van der Waals surface area contributed by atoms with Crippen LogP contribution in [0.3, 0.4) is 0 Å². The lowest BCUT2D eigenvalue weighted by Crippen LogP contribution is -2.30. The number of hydrogen-bond donors (Lipinski definition) is 0. The highest BCUT2D eigenvalue weighted by molar-refractivity contribution is 6.21. The van der Waals surface area contributed by atoms with Gasteiger partial charge >= 0.3 is 0 Å². The van der Waals surface area contributed by atoms with Crippen LogP contribution in [0.1, 0.15) is 40.5 Å². The van der Waals surface area contributed by atoms with Gasteiger partial charge in [-0.05, 0) is 31.9 Å². The zero-order valence-electron chi connectivity index (χ0n) is 10.1. The summed E-state index contributed by atoms with van der Waals surface area (Å²) < 4.78 is 12.5. The van der Waals surface area contributed by atoms with Crippen LogP contribution in [0.25, 0.3) is 0 Å². The number of imide groups is 1. The van der Waals surface area contributed by atoms with Gasteiger partial charge in [0.2, 0.25) is 0 Å². The summed E-state index contributed by atoms with van der Waals surface area (Å²) in [6, 6.07) is 6.79. The predicted octanol–water partition coefficient (Wildman–Crippen LogP) is 2.94. The third kappa shape index (κ3) is 2.32. The van der Waals surface area contributed by atoms with E-state index < -0.39 is 0 Å². The van der Waals surface area contributed by atoms with Crippen molar-refractivity contribution in [1.29, 1.82) is 0 Å². The molecule has 0 fully saturated rings. The van der Waals surface area contributed by atoms with Gasteiger partial charge in [-0.2, -0.15) is 0 Å². The summed E-state index contributed by atoms with van der Waals surface area (Å²) in [4.78, 5) is 25.1. The Labute approximate surface area is 105 Å². The molecule has 18 heavy (non-hydrogen) atoms. The first-order valence-corrected chi connectivity index (χ1v) is 5.88. The molecule has 0 radical (unpaired) electrons. The minimum atomic E-state index is -0.253. The van der Waals surface area contributed by atoms with E-state index >= 15 is 0 Å². The van der Waals surface area contributed by atoms with Gasteiger partial charge in [-0.3, -0.25) is 14.5 Å². The molecule has 0 aromatic heterocycles. The minimum absolute atomic E-state index is 0.239. The summed E-state index contributed by atoms with van der Waals surface area (Å²) in [5.41, 5.74) is 0.916. The molecule has 0 bridgehead atoms. The van der Waals surface area contributed by atoms with Crippen molar-refractivity contribution in [2.75, 3.05) is 6.54 Å². The molecule has 0 saturated heterocycles. The first-order chi connectivity index (χ1) is 8.61. The highest BCUT2D eigenvalue weighted by atomic mass is 19.1. The number of nitrogens with zero attached hydrogens (tertiary/aromatic N) is 1. The number of fused-ring (bicyclic) bond motifs is 1. The predicted molar refractivity (Wildman–Crippen MR) is 65.9 cm³/mol. The van der Waals surface area contributed by atoms with E-state index in [1.54, 1.807) is 24.3 Å². The normalized spacial score (nSPS) is 15.2. The van der Waals surface area contributed by atoms with Crippen LogP contribution in [0.4, 0.5) is 4.39 Å². The van der Waals surface area contributed by atoms with Crippen molar-refractivity contribution in [3.63, 3.8) is 0 Å². The molecule has 0 N–H and O–H groups in total. The molecule has 0 saturated carbocycles. The van der Waals surface area contributed by atoms with E-state index in [4.69, 9.17) is 0 Å². The van der Waals surface area contributed by atoms with Gasteiger partial charge in [0.05, 0.1) is 17.0 Å². The zero-order valence-corrected chi connectivity index (χ0v) is 10.1. The maximum Gasteiger partial charge on any atom is 0.261 e. The van der Waals surface area contributed by atoms with Crippen molar-refractivity contribution in [3.8, 4) is 0 Å². The standard InChI is InChI=1S/C14H14FNO2/c1-10(15)6-4-5-9-16-13(17)11-7-2-3-8-12(11)14(16)18/h2-3,6-8H,4-5,9H2,1H3/b10-6+. The lowest BCUT2D eigenvalue weighted by atomic mass is 10.1. The Morgan fingerprint density at radius 1 is 1.22 bits per heavy atom. The topological polar surface area (TPSA) is 37.4 Å². The summed E-state index contributed by atoms with van der Waals surface area (Å²) >= 11 is 0. The van der Waals surface area contributed by atoms with Crippen LogP contribution in [0.15, 0.2) is 36.2 Å². The molecule has 2 rings (SSSR count). The molecule has 3 nitrogen and oxygen atoms in total. The second-order valence-electron chi connectivity index (χ2n) is 4.24. The fourth-order valence-corrected chi connectivity index (χ4v) is 1.99. The Balaban J connectivity index is 2.03. The third-order valence-electron chi connectivity index (χ3n) is 2.89. The highest BCUT2D eigenvalue weighted by Crippen LogP contribution is 2.22. The second kappa shape index (κ2) is 5.12. The number of halogens is 1. The van der Waals surface area contributed by atoms with E-state index in [9.17, 15) is 14.0 Å². The number of hydrogen-bond acceptors (Lipinski definition) is 2. The molecular weight excluding hydrogens is 233 g/mol. The highest BCUT2D eigenvalue weighted by Gasteiger charge is 2.34. The van der Waals surface area contributed by atoms with Gasteiger partial charge in [0, 0.05) is 6.54 Å². The van der Waals surface area contributed by atoms with E-state index in [1.807, 2.05) is 0 Å². The van der Waals surface area contributed by atoms with Gasteiger partial charge in [0.25, 0.3) is 11.8 Å². The Kier molecular flexibility index (Phi) is 3.55. The fourth-order valence-electron chi connectivity index (χ4n) is 1.99. The number of unbranched alkanes of at least 4 members (excludes halogenated alkanes) is 1. The Morgan fingerprint density at radius 3 is 2.28 bits per heavy atom. The van der Waals surface area contributed by atoms with Crippen molar-refractivity contribution < 1.29 is 14.0 Å². The summed E-state index contributed by atoms with van der Waals surface area (Å²) in [6.07, 6.45) is 2.56. The van der Waals surface area contributed by atoms with Crippen molar-refractivity contribution in [1.82, 2.24) is 4.90 Å². The SMILES string of the molecule is C/C(F)=C\CCCN1C(=O)c2ccccc2C1=O. The van der Waals surface area contributed by atoms with Crippen LogP contribution in [-0.4, -0.2) is 23.3 Å². The van der Waals surface area contributed by atoms with Crippen LogP contribution < -0.4 is 0 Å². The first-order valence-electron chi connectivity index (χ1n) is 5.88. The maximum absolute atomic E-state index is 12.5. The van der Waals surface area contributed by atoms with Gasteiger partial charge in [-0.15, -0.1) is 0 Å². The minimum Gasteiger partial charge on any atom is -0.274 e. The molecular formula is C14H14FNO2. The molecule has 0 unspecified atom stereocenters. The molecule has 1 aliphatic heterocycles. The van der Waals surface area contributed by atoms with Gasteiger partial charge in [-0.25, -0.2) is 4.39 Å². The van der Waals surface area contributed by atoms with Crippen molar-refractivity contribution in [2.45, 2.75) is 19.8 Å². The molecule has 0 aliphatic carbocycles. The van der Waals surface area contributed by atoms with Gasteiger partial charge in [-0.1, -0.05) is 18.2 Å². The summed E-state index contributed by atoms with van der Waals surface area (Å²) in [7, 11) is 0. The summed E-state index contributed by atoms with van der Waals surface area (Å²) in [5, 5.41) is 0. The van der Waals surface area contributed by atoms with Crippen molar-refractivity contribution >= 4 is 11.8 Å².